The number of carbonyl (C=O) groups excluding carboxylic acids is 1. The van der Waals surface area contributed by atoms with E-state index in [4.69, 9.17) is 5.11 Å². The lowest BCUT2D eigenvalue weighted by molar-refractivity contribution is -0.134. The summed E-state index contributed by atoms with van der Waals surface area (Å²) >= 11 is 0. The van der Waals surface area contributed by atoms with E-state index in [1.807, 2.05) is 0 Å². The number of nitrogens with zero attached hydrogens (tertiary/aromatic N) is 2. The third-order valence-corrected chi connectivity index (χ3v) is 3.77. The summed E-state index contributed by atoms with van der Waals surface area (Å²) < 4.78 is 14.1. The zero-order valence-corrected chi connectivity index (χ0v) is 14.0. The van der Waals surface area contributed by atoms with Crippen LogP contribution in [-0.2, 0) is 11.3 Å². The number of nitrogens with one attached hydrogen (secondary N) is 2. The number of carboxylic acid groups (broad SMARTS) is 1. The van der Waals surface area contributed by atoms with Crippen molar-refractivity contribution in [2.45, 2.75) is 6.54 Å². The van der Waals surface area contributed by atoms with Gasteiger partial charge in [-0.3, -0.25) is 18.8 Å². The van der Waals surface area contributed by atoms with Gasteiger partial charge in [-0.05, 0) is 29.8 Å². The van der Waals surface area contributed by atoms with Gasteiger partial charge in [-0.25, -0.2) is 9.37 Å². The first kappa shape index (κ1) is 18.1. The number of benzene rings is 1. The number of anilines is 1. The molecule has 0 saturated carbocycles. The van der Waals surface area contributed by atoms with Crippen LogP contribution in [0.5, 0.6) is 0 Å². The first-order valence-electron chi connectivity index (χ1n) is 7.94. The van der Waals surface area contributed by atoms with Crippen LogP contribution in [0.2, 0.25) is 0 Å². The van der Waals surface area contributed by atoms with E-state index < -0.39 is 24.0 Å². The number of halogens is 1. The van der Waals surface area contributed by atoms with Crippen molar-refractivity contribution in [2.24, 2.45) is 0 Å². The largest absolute Gasteiger partial charge is 0.480 e. The summed E-state index contributed by atoms with van der Waals surface area (Å²) in [5, 5.41) is 13.9. The summed E-state index contributed by atoms with van der Waals surface area (Å²) in [6, 6.07) is 8.75. The molecule has 2 heterocycles. The second-order valence-corrected chi connectivity index (χ2v) is 5.65. The quantitative estimate of drug-likeness (QED) is 0.602. The molecular weight excluding hydrogens is 355 g/mol. The molecule has 138 valence electrons. The minimum Gasteiger partial charge on any atom is -0.480 e. The van der Waals surface area contributed by atoms with Gasteiger partial charge in [0.2, 0.25) is 0 Å². The van der Waals surface area contributed by atoms with Gasteiger partial charge in [-0.1, -0.05) is 12.1 Å². The highest BCUT2D eigenvalue weighted by molar-refractivity contribution is 5.99. The van der Waals surface area contributed by atoms with Gasteiger partial charge in [0.15, 0.2) is 5.65 Å². The highest BCUT2D eigenvalue weighted by Crippen LogP contribution is 2.09. The molecule has 0 bridgehead atoms. The van der Waals surface area contributed by atoms with Gasteiger partial charge in [0.05, 0.1) is 11.8 Å². The molecule has 1 amide bonds. The second kappa shape index (κ2) is 7.65. The molecule has 3 aromatic rings. The smallest absolute Gasteiger partial charge is 0.322 e. The average Bonchev–Trinajstić information content (AvgIpc) is 2.66. The molecule has 2 aromatic heterocycles. The van der Waals surface area contributed by atoms with Crippen LogP contribution in [0, 0.1) is 5.82 Å². The van der Waals surface area contributed by atoms with Crippen LogP contribution in [0.1, 0.15) is 15.9 Å². The molecule has 8 nitrogen and oxygen atoms in total. The Bertz CT molecular complexity index is 1060. The predicted molar refractivity (Wildman–Crippen MR) is 95.2 cm³/mol. The molecule has 0 aliphatic heterocycles. The minimum atomic E-state index is -1.12. The van der Waals surface area contributed by atoms with Gasteiger partial charge in [0.1, 0.15) is 18.0 Å². The highest BCUT2D eigenvalue weighted by Gasteiger charge is 2.14. The standard InChI is InChI=1S/C18H15FN4O4/c19-12-5-3-11(4-6-12)8-22-17(26)13-2-1-7-23-16(13)21-9-14(18(23)27)20-10-15(24)25/h1-7,9,20H,8,10H2,(H,22,26)(H,24,25). The maximum atomic E-state index is 12.9. The van der Waals surface area contributed by atoms with Gasteiger partial charge >= 0.3 is 5.97 Å². The van der Waals surface area contributed by atoms with E-state index in [1.54, 1.807) is 12.1 Å². The van der Waals surface area contributed by atoms with Crippen LogP contribution in [0.3, 0.4) is 0 Å². The Kier molecular flexibility index (Phi) is 5.11. The molecule has 3 rings (SSSR count). The summed E-state index contributed by atoms with van der Waals surface area (Å²) in [6.45, 7) is -0.247. The number of rotatable bonds is 6. The molecule has 1 aromatic carbocycles. The number of amides is 1. The Morgan fingerprint density at radius 2 is 1.93 bits per heavy atom. The van der Waals surface area contributed by atoms with Crippen molar-refractivity contribution >= 4 is 23.2 Å². The number of aromatic nitrogens is 2. The van der Waals surface area contributed by atoms with Crippen molar-refractivity contribution in [2.75, 3.05) is 11.9 Å². The lowest BCUT2D eigenvalue weighted by atomic mass is 10.2. The van der Waals surface area contributed by atoms with Crippen LogP contribution >= 0.6 is 0 Å². The molecule has 0 spiro atoms. The Morgan fingerprint density at radius 3 is 2.63 bits per heavy atom. The zero-order chi connectivity index (χ0) is 19.4. The SMILES string of the molecule is O=C(O)CNc1cnc2c(C(=O)NCc3ccc(F)cc3)cccn2c1=O. The fraction of sp³-hybridized carbons (Fsp3) is 0.111. The fourth-order valence-corrected chi connectivity index (χ4v) is 2.46. The van der Waals surface area contributed by atoms with Crippen molar-refractivity contribution < 1.29 is 19.1 Å². The summed E-state index contributed by atoms with van der Waals surface area (Å²) in [4.78, 5) is 39.6. The predicted octanol–water partition coefficient (Wildman–Crippen LogP) is 1.26. The molecule has 27 heavy (non-hydrogen) atoms. The lowest BCUT2D eigenvalue weighted by Crippen LogP contribution is -2.27. The molecule has 0 fully saturated rings. The fourth-order valence-electron chi connectivity index (χ4n) is 2.46. The van der Waals surface area contributed by atoms with Gasteiger partial charge in [0.25, 0.3) is 11.5 Å². The number of carbonyl (C=O) groups is 2. The molecule has 0 saturated heterocycles. The maximum absolute atomic E-state index is 12.9. The van der Waals surface area contributed by atoms with E-state index in [1.165, 1.54) is 36.7 Å². The molecular formula is C18H15FN4O4. The Hall–Kier alpha value is -3.75. The van der Waals surface area contributed by atoms with E-state index in [0.717, 1.165) is 9.96 Å². The second-order valence-electron chi connectivity index (χ2n) is 5.65. The third kappa shape index (κ3) is 4.09. The van der Waals surface area contributed by atoms with Gasteiger partial charge in [-0.15, -0.1) is 0 Å². The molecule has 0 atom stereocenters. The third-order valence-electron chi connectivity index (χ3n) is 3.77. The van der Waals surface area contributed by atoms with E-state index in [2.05, 4.69) is 15.6 Å². The van der Waals surface area contributed by atoms with Crippen molar-refractivity contribution in [3.63, 3.8) is 0 Å². The molecule has 0 radical (unpaired) electrons. The van der Waals surface area contributed by atoms with E-state index in [0.29, 0.717) is 0 Å². The topological polar surface area (TPSA) is 113 Å². The van der Waals surface area contributed by atoms with Crippen molar-refractivity contribution in [3.05, 3.63) is 76.1 Å². The Labute approximate surface area is 152 Å². The lowest BCUT2D eigenvalue weighted by Gasteiger charge is -2.10. The maximum Gasteiger partial charge on any atom is 0.322 e. The van der Waals surface area contributed by atoms with Crippen molar-refractivity contribution in [1.29, 1.82) is 0 Å². The first-order valence-corrected chi connectivity index (χ1v) is 7.94. The van der Waals surface area contributed by atoms with E-state index in [-0.39, 0.29) is 29.3 Å². The van der Waals surface area contributed by atoms with E-state index in [9.17, 15) is 18.8 Å². The monoisotopic (exact) mass is 370 g/mol. The number of hydrogen-bond acceptors (Lipinski definition) is 5. The number of carboxylic acids is 1. The first-order chi connectivity index (χ1) is 13.0. The molecule has 3 N–H and O–H groups in total. The highest BCUT2D eigenvalue weighted by atomic mass is 19.1. The van der Waals surface area contributed by atoms with Crippen LogP contribution < -0.4 is 16.2 Å². The molecule has 9 heteroatoms. The van der Waals surface area contributed by atoms with Gasteiger partial charge in [0, 0.05) is 12.7 Å². The Morgan fingerprint density at radius 1 is 1.19 bits per heavy atom. The van der Waals surface area contributed by atoms with Crippen LogP contribution in [0.4, 0.5) is 10.1 Å². The summed E-state index contributed by atoms with van der Waals surface area (Å²) in [6.07, 6.45) is 2.63. The van der Waals surface area contributed by atoms with Crippen LogP contribution in [0.15, 0.2) is 53.6 Å². The molecule has 0 aliphatic rings. The summed E-state index contributed by atoms with van der Waals surface area (Å²) in [5.41, 5.74) is 0.532. The van der Waals surface area contributed by atoms with Crippen molar-refractivity contribution in [1.82, 2.24) is 14.7 Å². The van der Waals surface area contributed by atoms with Crippen LogP contribution in [0.25, 0.3) is 5.65 Å². The number of pyridine rings is 1. The normalized spacial score (nSPS) is 10.6. The van der Waals surface area contributed by atoms with Crippen LogP contribution in [-0.4, -0.2) is 32.9 Å². The van der Waals surface area contributed by atoms with Gasteiger partial charge < -0.3 is 15.7 Å². The van der Waals surface area contributed by atoms with E-state index >= 15 is 0 Å². The van der Waals surface area contributed by atoms with Gasteiger partial charge in [-0.2, -0.15) is 0 Å². The summed E-state index contributed by atoms with van der Waals surface area (Å²) in [7, 11) is 0. The Balaban J connectivity index is 1.84. The average molecular weight is 370 g/mol. The summed E-state index contributed by atoms with van der Waals surface area (Å²) in [5.74, 6) is -1.93. The number of aliphatic carboxylic acids is 1. The molecule has 0 unspecified atom stereocenters. The number of fused-ring (bicyclic) bond motifs is 1. The number of hydrogen-bond donors (Lipinski definition) is 3. The van der Waals surface area contributed by atoms with Crippen molar-refractivity contribution in [3.8, 4) is 0 Å². The zero-order valence-electron chi connectivity index (χ0n) is 14.0. The molecule has 0 aliphatic carbocycles. The minimum absolute atomic E-state index is 0.0128.